The summed E-state index contributed by atoms with van der Waals surface area (Å²) in [6.07, 6.45) is 0.962. The lowest BCUT2D eigenvalue weighted by atomic mass is 10.3. The molecular weight excluding hydrogens is 234 g/mol. The van der Waals surface area contributed by atoms with Crippen molar-refractivity contribution in [3.8, 4) is 11.5 Å². The quantitative estimate of drug-likeness (QED) is 0.457. The monoisotopic (exact) mass is 253 g/mol. The Morgan fingerprint density at radius 1 is 1.28 bits per heavy atom. The molecule has 18 heavy (non-hydrogen) atoms. The minimum absolute atomic E-state index is 0.203. The van der Waals surface area contributed by atoms with Crippen molar-refractivity contribution in [3.05, 3.63) is 18.2 Å². The number of carbonyl (C=O) groups excluding carboxylic acids is 1. The van der Waals surface area contributed by atoms with E-state index in [2.05, 4.69) is 0 Å². The van der Waals surface area contributed by atoms with Crippen LogP contribution in [-0.4, -0.2) is 26.3 Å². The van der Waals surface area contributed by atoms with E-state index in [1.807, 2.05) is 0 Å². The number of nitrogens with two attached hydrogens (primary N) is 1. The average molecular weight is 253 g/mol. The fourth-order valence-electron chi connectivity index (χ4n) is 1.43. The van der Waals surface area contributed by atoms with Crippen LogP contribution in [0.1, 0.15) is 19.8 Å². The summed E-state index contributed by atoms with van der Waals surface area (Å²) >= 11 is 0. The topological polar surface area (TPSA) is 70.8 Å². The van der Waals surface area contributed by atoms with Crippen LogP contribution in [0.4, 0.5) is 5.69 Å². The van der Waals surface area contributed by atoms with Crippen molar-refractivity contribution in [2.24, 2.45) is 0 Å². The summed E-state index contributed by atoms with van der Waals surface area (Å²) in [4.78, 5) is 11.1. The standard InChI is InChI=1S/C13H19NO4/c1-3-17-13(15)5-4-6-18-12-8-10(14)7-11(9-12)16-2/h7-9H,3-6,14H2,1-2H3. The molecule has 0 spiro atoms. The number of esters is 1. The van der Waals surface area contributed by atoms with E-state index in [9.17, 15) is 4.79 Å². The van der Waals surface area contributed by atoms with Crippen LogP contribution in [-0.2, 0) is 9.53 Å². The van der Waals surface area contributed by atoms with Crippen LogP contribution >= 0.6 is 0 Å². The molecule has 1 rings (SSSR count). The number of carbonyl (C=O) groups is 1. The van der Waals surface area contributed by atoms with Gasteiger partial charge in [0.25, 0.3) is 0 Å². The number of benzene rings is 1. The largest absolute Gasteiger partial charge is 0.497 e. The smallest absolute Gasteiger partial charge is 0.305 e. The van der Waals surface area contributed by atoms with Gasteiger partial charge in [0.1, 0.15) is 11.5 Å². The van der Waals surface area contributed by atoms with Crippen LogP contribution < -0.4 is 15.2 Å². The number of rotatable bonds is 7. The summed E-state index contributed by atoms with van der Waals surface area (Å²) in [5.74, 6) is 1.08. The van der Waals surface area contributed by atoms with E-state index in [1.165, 1.54) is 0 Å². The van der Waals surface area contributed by atoms with Gasteiger partial charge in [-0.3, -0.25) is 4.79 Å². The second-order valence-electron chi connectivity index (χ2n) is 3.70. The highest BCUT2D eigenvalue weighted by atomic mass is 16.5. The Hall–Kier alpha value is -1.91. The van der Waals surface area contributed by atoms with Gasteiger partial charge in [0.2, 0.25) is 0 Å². The lowest BCUT2D eigenvalue weighted by Gasteiger charge is -2.09. The Kier molecular flexibility index (Phi) is 5.84. The molecule has 0 amide bonds. The first-order valence-corrected chi connectivity index (χ1v) is 5.88. The maximum absolute atomic E-state index is 11.1. The zero-order chi connectivity index (χ0) is 13.4. The minimum Gasteiger partial charge on any atom is -0.497 e. The van der Waals surface area contributed by atoms with Crippen molar-refractivity contribution in [1.82, 2.24) is 0 Å². The normalized spacial score (nSPS) is 9.89. The summed E-state index contributed by atoms with van der Waals surface area (Å²) in [6.45, 7) is 2.63. The molecule has 0 aliphatic heterocycles. The molecule has 1 aromatic rings. The van der Waals surface area contributed by atoms with E-state index in [-0.39, 0.29) is 5.97 Å². The first-order valence-electron chi connectivity index (χ1n) is 5.88. The maximum atomic E-state index is 11.1. The van der Waals surface area contributed by atoms with E-state index in [4.69, 9.17) is 19.9 Å². The van der Waals surface area contributed by atoms with Crippen molar-refractivity contribution in [2.75, 3.05) is 26.1 Å². The second kappa shape index (κ2) is 7.42. The molecule has 1 aromatic carbocycles. The molecule has 5 nitrogen and oxygen atoms in total. The van der Waals surface area contributed by atoms with Gasteiger partial charge in [-0.15, -0.1) is 0 Å². The highest BCUT2D eigenvalue weighted by molar-refractivity contribution is 5.69. The van der Waals surface area contributed by atoms with E-state index in [1.54, 1.807) is 32.2 Å². The van der Waals surface area contributed by atoms with Gasteiger partial charge < -0.3 is 19.9 Å². The van der Waals surface area contributed by atoms with Crippen LogP contribution in [0, 0.1) is 0 Å². The summed E-state index contributed by atoms with van der Waals surface area (Å²) in [7, 11) is 1.57. The molecule has 0 saturated carbocycles. The Labute approximate surface area is 107 Å². The SMILES string of the molecule is CCOC(=O)CCCOc1cc(N)cc(OC)c1. The predicted molar refractivity (Wildman–Crippen MR) is 68.8 cm³/mol. The highest BCUT2D eigenvalue weighted by Crippen LogP contribution is 2.24. The molecule has 0 radical (unpaired) electrons. The van der Waals surface area contributed by atoms with Crippen molar-refractivity contribution >= 4 is 11.7 Å². The van der Waals surface area contributed by atoms with Gasteiger partial charge >= 0.3 is 5.97 Å². The number of hydrogen-bond acceptors (Lipinski definition) is 5. The molecule has 0 aliphatic rings. The molecule has 0 fully saturated rings. The van der Waals surface area contributed by atoms with Crippen molar-refractivity contribution in [3.63, 3.8) is 0 Å². The number of methoxy groups -OCH3 is 1. The lowest BCUT2D eigenvalue weighted by molar-refractivity contribution is -0.143. The fraction of sp³-hybridized carbons (Fsp3) is 0.462. The molecule has 5 heteroatoms. The first-order chi connectivity index (χ1) is 8.65. The van der Waals surface area contributed by atoms with E-state index in [0.29, 0.717) is 43.2 Å². The van der Waals surface area contributed by atoms with Gasteiger partial charge in [-0.05, 0) is 13.3 Å². The average Bonchev–Trinajstić information content (AvgIpc) is 2.34. The van der Waals surface area contributed by atoms with E-state index >= 15 is 0 Å². The van der Waals surface area contributed by atoms with Gasteiger partial charge in [-0.1, -0.05) is 0 Å². The van der Waals surface area contributed by atoms with Crippen LogP contribution in [0.3, 0.4) is 0 Å². The third-order valence-electron chi connectivity index (χ3n) is 2.24. The summed E-state index contributed by atoms with van der Waals surface area (Å²) in [5.41, 5.74) is 6.27. The first kappa shape index (κ1) is 14.2. The summed E-state index contributed by atoms with van der Waals surface area (Å²) < 4.78 is 15.4. The van der Waals surface area contributed by atoms with Crippen molar-refractivity contribution in [1.29, 1.82) is 0 Å². The summed E-state index contributed by atoms with van der Waals surface area (Å²) in [6, 6.07) is 5.18. The molecule has 0 aromatic heterocycles. The second-order valence-corrected chi connectivity index (χ2v) is 3.70. The van der Waals surface area contributed by atoms with Crippen LogP contribution in [0.15, 0.2) is 18.2 Å². The van der Waals surface area contributed by atoms with Gasteiger partial charge in [-0.2, -0.15) is 0 Å². The molecular formula is C13H19NO4. The van der Waals surface area contributed by atoms with Crippen molar-refractivity contribution in [2.45, 2.75) is 19.8 Å². The van der Waals surface area contributed by atoms with Crippen LogP contribution in [0.25, 0.3) is 0 Å². The fourth-order valence-corrected chi connectivity index (χ4v) is 1.43. The van der Waals surface area contributed by atoms with Crippen LogP contribution in [0.2, 0.25) is 0 Å². The molecule has 0 heterocycles. The zero-order valence-electron chi connectivity index (χ0n) is 10.8. The Balaban J connectivity index is 2.35. The highest BCUT2D eigenvalue weighted by Gasteiger charge is 2.03. The Morgan fingerprint density at radius 2 is 2.00 bits per heavy atom. The number of hydrogen-bond donors (Lipinski definition) is 1. The van der Waals surface area contributed by atoms with Crippen LogP contribution in [0.5, 0.6) is 11.5 Å². The molecule has 100 valence electrons. The third kappa shape index (κ3) is 4.95. The zero-order valence-corrected chi connectivity index (χ0v) is 10.8. The molecule has 0 aliphatic carbocycles. The number of anilines is 1. The van der Waals surface area contributed by atoms with E-state index in [0.717, 1.165) is 0 Å². The number of ether oxygens (including phenoxy) is 3. The third-order valence-corrected chi connectivity index (χ3v) is 2.24. The molecule has 2 N–H and O–H groups in total. The lowest BCUT2D eigenvalue weighted by Crippen LogP contribution is -2.06. The van der Waals surface area contributed by atoms with Gasteiger partial charge in [0.05, 0.1) is 20.3 Å². The molecule has 0 saturated heterocycles. The molecule has 0 bridgehead atoms. The Morgan fingerprint density at radius 3 is 2.67 bits per heavy atom. The Bertz CT molecular complexity index is 393. The van der Waals surface area contributed by atoms with Gasteiger partial charge in [0, 0.05) is 30.3 Å². The van der Waals surface area contributed by atoms with Gasteiger partial charge in [0.15, 0.2) is 0 Å². The number of nitrogen functional groups attached to an aromatic ring is 1. The summed E-state index contributed by atoms with van der Waals surface area (Å²) in [5, 5.41) is 0. The maximum Gasteiger partial charge on any atom is 0.305 e. The predicted octanol–water partition coefficient (Wildman–Crippen LogP) is 2.00. The molecule has 0 atom stereocenters. The van der Waals surface area contributed by atoms with Gasteiger partial charge in [-0.25, -0.2) is 0 Å². The minimum atomic E-state index is -0.203. The van der Waals surface area contributed by atoms with E-state index < -0.39 is 0 Å². The molecule has 0 unspecified atom stereocenters. The van der Waals surface area contributed by atoms with Crippen molar-refractivity contribution < 1.29 is 19.0 Å².